The Hall–Kier alpha value is -1.67. The molecular formula is C15H21NO6. The zero-order valence-corrected chi connectivity index (χ0v) is 13.0. The molecule has 122 valence electrons. The minimum atomic E-state index is -1.18. The van der Waals surface area contributed by atoms with Crippen molar-refractivity contribution < 1.29 is 28.8 Å². The molecule has 3 unspecified atom stereocenters. The van der Waals surface area contributed by atoms with E-state index in [1.54, 1.807) is 25.1 Å². The fourth-order valence-electron chi connectivity index (χ4n) is 2.72. The maximum Gasteiger partial charge on any atom is 0.337 e. The smallest absolute Gasteiger partial charge is 0.337 e. The van der Waals surface area contributed by atoms with E-state index in [1.807, 2.05) is 0 Å². The molecule has 1 heterocycles. The summed E-state index contributed by atoms with van der Waals surface area (Å²) in [6.45, 7) is 1.66. The molecule has 2 rings (SSSR count). The zero-order valence-electron chi connectivity index (χ0n) is 13.0. The van der Waals surface area contributed by atoms with Crippen LogP contribution in [0.25, 0.3) is 0 Å². The molecule has 1 aromatic carbocycles. The Balaban J connectivity index is 2.44. The Morgan fingerprint density at radius 2 is 2.00 bits per heavy atom. The number of aliphatic hydroxyl groups is 1. The molecule has 1 aromatic rings. The van der Waals surface area contributed by atoms with Crippen LogP contribution in [-0.4, -0.2) is 50.4 Å². The molecule has 1 aliphatic heterocycles. The van der Waals surface area contributed by atoms with Crippen LogP contribution in [0, 0.1) is 0 Å². The van der Waals surface area contributed by atoms with Gasteiger partial charge in [-0.15, -0.1) is 0 Å². The van der Waals surface area contributed by atoms with Crippen LogP contribution in [0.5, 0.6) is 5.75 Å². The summed E-state index contributed by atoms with van der Waals surface area (Å²) in [6.07, 6.45) is -1.89. The highest BCUT2D eigenvalue weighted by molar-refractivity contribution is 5.89. The molecule has 0 saturated carbocycles. The lowest BCUT2D eigenvalue weighted by atomic mass is 9.84. The molecule has 0 spiro atoms. The number of aliphatic hydroxyl groups excluding tert-OH is 1. The molecule has 0 aliphatic carbocycles. The first kappa shape index (κ1) is 16.7. The van der Waals surface area contributed by atoms with Gasteiger partial charge in [0.25, 0.3) is 0 Å². The topological polar surface area (TPSA) is 100 Å². The number of rotatable bonds is 4. The largest absolute Gasteiger partial charge is 0.479 e. The summed E-state index contributed by atoms with van der Waals surface area (Å²) < 4.78 is 21.0. The summed E-state index contributed by atoms with van der Waals surface area (Å²) in [6, 6.07) is 3.99. The average molecular weight is 311 g/mol. The van der Waals surface area contributed by atoms with Gasteiger partial charge in [-0.05, 0) is 25.1 Å². The standard InChI is InChI=1S/C15H21NO6/c1-15(14(20-3)21-4)12(17)11(16)9-7-8(13(18)19-2)5-6-10(9)22-15/h5-7,11-12,14,17H,16H2,1-4H3. The quantitative estimate of drug-likeness (QED) is 0.620. The van der Waals surface area contributed by atoms with Crippen molar-refractivity contribution in [3.8, 4) is 5.75 Å². The van der Waals surface area contributed by atoms with Gasteiger partial charge in [-0.1, -0.05) is 0 Å². The highest BCUT2D eigenvalue weighted by Crippen LogP contribution is 2.41. The average Bonchev–Trinajstić information content (AvgIpc) is 2.53. The van der Waals surface area contributed by atoms with E-state index < -0.39 is 30.0 Å². The number of nitrogens with two attached hydrogens (primary N) is 1. The molecular weight excluding hydrogens is 290 g/mol. The van der Waals surface area contributed by atoms with Crippen LogP contribution in [0.2, 0.25) is 0 Å². The molecule has 22 heavy (non-hydrogen) atoms. The summed E-state index contributed by atoms with van der Waals surface area (Å²) in [4.78, 5) is 11.6. The van der Waals surface area contributed by atoms with E-state index in [0.29, 0.717) is 16.9 Å². The Kier molecular flexibility index (Phi) is 4.72. The highest BCUT2D eigenvalue weighted by Gasteiger charge is 2.51. The summed E-state index contributed by atoms with van der Waals surface area (Å²) in [5.74, 6) is -0.0171. The van der Waals surface area contributed by atoms with E-state index in [9.17, 15) is 9.90 Å². The van der Waals surface area contributed by atoms with Gasteiger partial charge in [-0.2, -0.15) is 0 Å². The maximum absolute atomic E-state index is 11.6. The van der Waals surface area contributed by atoms with E-state index in [-0.39, 0.29) is 0 Å². The van der Waals surface area contributed by atoms with Gasteiger partial charge in [0.05, 0.1) is 18.7 Å². The van der Waals surface area contributed by atoms with Gasteiger partial charge >= 0.3 is 5.97 Å². The number of benzene rings is 1. The normalized spacial score (nSPS) is 27.2. The van der Waals surface area contributed by atoms with E-state index in [1.165, 1.54) is 21.3 Å². The molecule has 0 fully saturated rings. The molecule has 0 saturated heterocycles. The Morgan fingerprint density at radius 1 is 1.36 bits per heavy atom. The van der Waals surface area contributed by atoms with Crippen LogP contribution in [0.15, 0.2) is 18.2 Å². The minimum absolute atomic E-state index is 0.339. The van der Waals surface area contributed by atoms with Crippen LogP contribution < -0.4 is 10.5 Å². The van der Waals surface area contributed by atoms with Crippen LogP contribution in [0.1, 0.15) is 28.9 Å². The number of carbonyl (C=O) groups is 1. The molecule has 0 amide bonds. The molecule has 0 bridgehead atoms. The van der Waals surface area contributed by atoms with Gasteiger partial charge < -0.3 is 29.8 Å². The van der Waals surface area contributed by atoms with Crippen molar-refractivity contribution in [2.75, 3.05) is 21.3 Å². The van der Waals surface area contributed by atoms with Crippen molar-refractivity contribution in [2.45, 2.75) is 31.0 Å². The Labute approximate surface area is 128 Å². The summed E-state index contributed by atoms with van der Waals surface area (Å²) in [5, 5.41) is 10.5. The monoisotopic (exact) mass is 311 g/mol. The zero-order chi connectivity index (χ0) is 16.5. The maximum atomic E-state index is 11.6. The highest BCUT2D eigenvalue weighted by atomic mass is 16.7. The van der Waals surface area contributed by atoms with Crippen molar-refractivity contribution in [1.29, 1.82) is 0 Å². The second-order valence-corrected chi connectivity index (χ2v) is 5.30. The van der Waals surface area contributed by atoms with Gasteiger partial charge in [0.2, 0.25) is 0 Å². The van der Waals surface area contributed by atoms with E-state index in [4.69, 9.17) is 19.9 Å². The van der Waals surface area contributed by atoms with Gasteiger partial charge in [0, 0.05) is 19.8 Å². The molecule has 0 radical (unpaired) electrons. The van der Waals surface area contributed by atoms with Gasteiger partial charge in [0.1, 0.15) is 11.9 Å². The lowest BCUT2D eigenvalue weighted by molar-refractivity contribution is -0.237. The third-order valence-corrected chi connectivity index (χ3v) is 3.94. The van der Waals surface area contributed by atoms with Gasteiger partial charge in [-0.3, -0.25) is 0 Å². The first-order valence-corrected chi connectivity index (χ1v) is 6.79. The Bertz CT molecular complexity index is 559. The number of methoxy groups -OCH3 is 3. The lowest BCUT2D eigenvalue weighted by Crippen LogP contribution is -2.61. The lowest BCUT2D eigenvalue weighted by Gasteiger charge is -2.45. The molecule has 7 heteroatoms. The molecule has 7 nitrogen and oxygen atoms in total. The van der Waals surface area contributed by atoms with Crippen LogP contribution in [-0.2, 0) is 14.2 Å². The third kappa shape index (κ3) is 2.56. The van der Waals surface area contributed by atoms with Crippen LogP contribution in [0.4, 0.5) is 0 Å². The Morgan fingerprint density at radius 3 is 2.55 bits per heavy atom. The number of fused-ring (bicyclic) bond motifs is 1. The molecule has 1 aliphatic rings. The summed E-state index contributed by atoms with van der Waals surface area (Å²) in [7, 11) is 4.21. The van der Waals surface area contributed by atoms with Crippen molar-refractivity contribution >= 4 is 5.97 Å². The predicted molar refractivity (Wildman–Crippen MR) is 77.6 cm³/mol. The van der Waals surface area contributed by atoms with Crippen molar-refractivity contribution in [3.63, 3.8) is 0 Å². The fourth-order valence-corrected chi connectivity index (χ4v) is 2.72. The van der Waals surface area contributed by atoms with Crippen molar-refractivity contribution in [2.24, 2.45) is 5.73 Å². The summed E-state index contributed by atoms with van der Waals surface area (Å²) in [5.41, 5.74) is 5.82. The fraction of sp³-hybridized carbons (Fsp3) is 0.533. The summed E-state index contributed by atoms with van der Waals surface area (Å²) >= 11 is 0. The molecule has 0 aromatic heterocycles. The first-order chi connectivity index (χ1) is 10.4. The second kappa shape index (κ2) is 6.21. The number of esters is 1. The molecule has 3 N–H and O–H groups in total. The molecule has 3 atom stereocenters. The van der Waals surface area contributed by atoms with Gasteiger partial charge in [0.15, 0.2) is 11.9 Å². The number of hydrogen-bond donors (Lipinski definition) is 2. The van der Waals surface area contributed by atoms with Crippen molar-refractivity contribution in [1.82, 2.24) is 0 Å². The first-order valence-electron chi connectivity index (χ1n) is 6.79. The third-order valence-electron chi connectivity index (χ3n) is 3.94. The van der Waals surface area contributed by atoms with Crippen molar-refractivity contribution in [3.05, 3.63) is 29.3 Å². The number of carbonyl (C=O) groups excluding carboxylic acids is 1. The number of ether oxygens (including phenoxy) is 4. The number of hydrogen-bond acceptors (Lipinski definition) is 7. The van der Waals surface area contributed by atoms with Crippen LogP contribution >= 0.6 is 0 Å². The van der Waals surface area contributed by atoms with Crippen LogP contribution in [0.3, 0.4) is 0 Å². The predicted octanol–water partition coefficient (Wildman–Crippen LogP) is 0.604. The SMILES string of the molecule is COC(=O)c1ccc2c(c1)C(N)C(O)C(C)(C(OC)OC)O2. The van der Waals surface area contributed by atoms with E-state index in [0.717, 1.165) is 0 Å². The van der Waals surface area contributed by atoms with Gasteiger partial charge in [-0.25, -0.2) is 4.79 Å². The second-order valence-electron chi connectivity index (χ2n) is 5.30. The minimum Gasteiger partial charge on any atom is -0.479 e. The van der Waals surface area contributed by atoms with E-state index >= 15 is 0 Å². The van der Waals surface area contributed by atoms with E-state index in [2.05, 4.69) is 4.74 Å².